The summed E-state index contributed by atoms with van der Waals surface area (Å²) in [4.78, 5) is 32.5. The topological polar surface area (TPSA) is 59.1 Å². The summed E-state index contributed by atoms with van der Waals surface area (Å²) in [5.74, 6) is 0.0219. The van der Waals surface area contributed by atoms with E-state index in [0.717, 1.165) is 23.7 Å². The zero-order valence-electron chi connectivity index (χ0n) is 17.4. The third-order valence-electron chi connectivity index (χ3n) is 5.73. The standard InChI is InChI=1S/C21H32ClN5O2/c1-24(2)21(29)27-13-11-25(12-14-27)16-20(28)23-15-19(26-9-5-6-10-26)17-7-3-4-8-18(17)22/h3-4,7-8,19H,5-6,9-16H2,1-2H3,(H,23,28). The van der Waals surface area contributed by atoms with Gasteiger partial charge in [-0.2, -0.15) is 0 Å². The lowest BCUT2D eigenvalue weighted by Gasteiger charge is -2.35. The number of hydrogen-bond donors (Lipinski definition) is 1. The van der Waals surface area contributed by atoms with Crippen LogP contribution in [0.3, 0.4) is 0 Å². The van der Waals surface area contributed by atoms with Gasteiger partial charge in [-0.3, -0.25) is 14.6 Å². The van der Waals surface area contributed by atoms with Crippen LogP contribution in [0.25, 0.3) is 0 Å². The first-order chi connectivity index (χ1) is 14.0. The van der Waals surface area contributed by atoms with Crippen molar-refractivity contribution in [3.8, 4) is 0 Å². The maximum atomic E-state index is 12.6. The minimum absolute atomic E-state index is 0.0219. The molecule has 2 aliphatic rings. The number of halogens is 1. The highest BCUT2D eigenvalue weighted by molar-refractivity contribution is 6.31. The van der Waals surface area contributed by atoms with Crippen molar-refractivity contribution in [2.24, 2.45) is 0 Å². The van der Waals surface area contributed by atoms with Gasteiger partial charge in [0.1, 0.15) is 0 Å². The second kappa shape index (κ2) is 10.3. The van der Waals surface area contributed by atoms with Crippen molar-refractivity contribution in [3.63, 3.8) is 0 Å². The Kier molecular flexibility index (Phi) is 7.75. The molecule has 29 heavy (non-hydrogen) atoms. The molecule has 1 aromatic rings. The normalized spacial score (nSPS) is 19.2. The van der Waals surface area contributed by atoms with Gasteiger partial charge >= 0.3 is 6.03 Å². The molecular formula is C21H32ClN5O2. The average molecular weight is 422 g/mol. The van der Waals surface area contributed by atoms with E-state index in [9.17, 15) is 9.59 Å². The molecule has 0 radical (unpaired) electrons. The molecule has 3 rings (SSSR count). The average Bonchev–Trinajstić information content (AvgIpc) is 3.24. The first-order valence-electron chi connectivity index (χ1n) is 10.4. The van der Waals surface area contributed by atoms with Gasteiger partial charge < -0.3 is 15.1 Å². The fraction of sp³-hybridized carbons (Fsp3) is 0.619. The Hall–Kier alpha value is -1.83. The summed E-state index contributed by atoms with van der Waals surface area (Å²) in [6.45, 7) is 5.73. The quantitative estimate of drug-likeness (QED) is 0.762. The summed E-state index contributed by atoms with van der Waals surface area (Å²) < 4.78 is 0. The van der Waals surface area contributed by atoms with E-state index in [1.54, 1.807) is 19.0 Å². The van der Waals surface area contributed by atoms with Crippen molar-refractivity contribution in [3.05, 3.63) is 34.9 Å². The number of nitrogens with one attached hydrogen (secondary N) is 1. The number of rotatable bonds is 6. The number of piperazine rings is 1. The van der Waals surface area contributed by atoms with E-state index in [1.807, 2.05) is 23.1 Å². The van der Waals surface area contributed by atoms with Crippen LogP contribution in [0.2, 0.25) is 5.02 Å². The molecule has 1 aromatic carbocycles. The third kappa shape index (κ3) is 5.84. The number of urea groups is 1. The number of hydrogen-bond acceptors (Lipinski definition) is 4. The maximum absolute atomic E-state index is 12.6. The number of nitrogens with zero attached hydrogens (tertiary/aromatic N) is 4. The predicted octanol–water partition coefficient (Wildman–Crippen LogP) is 1.89. The van der Waals surface area contributed by atoms with Crippen LogP contribution in [0, 0.1) is 0 Å². The monoisotopic (exact) mass is 421 g/mol. The molecular weight excluding hydrogens is 390 g/mol. The first kappa shape index (κ1) is 21.9. The lowest BCUT2D eigenvalue weighted by atomic mass is 10.1. The van der Waals surface area contributed by atoms with Crippen LogP contribution in [0.5, 0.6) is 0 Å². The highest BCUT2D eigenvalue weighted by Gasteiger charge is 2.27. The van der Waals surface area contributed by atoms with E-state index in [1.165, 1.54) is 12.8 Å². The van der Waals surface area contributed by atoms with E-state index >= 15 is 0 Å². The summed E-state index contributed by atoms with van der Waals surface area (Å²) in [5, 5.41) is 3.87. The van der Waals surface area contributed by atoms with Crippen LogP contribution < -0.4 is 5.32 Å². The molecule has 0 bridgehead atoms. The number of amides is 3. The lowest BCUT2D eigenvalue weighted by molar-refractivity contribution is -0.122. The molecule has 2 heterocycles. The molecule has 1 N–H and O–H groups in total. The zero-order valence-corrected chi connectivity index (χ0v) is 18.2. The Morgan fingerprint density at radius 1 is 1.07 bits per heavy atom. The van der Waals surface area contributed by atoms with Crippen molar-refractivity contribution in [1.29, 1.82) is 0 Å². The minimum atomic E-state index is 0.0219. The van der Waals surface area contributed by atoms with Gasteiger partial charge in [-0.05, 0) is 37.6 Å². The maximum Gasteiger partial charge on any atom is 0.319 e. The van der Waals surface area contributed by atoms with Crippen molar-refractivity contribution < 1.29 is 9.59 Å². The van der Waals surface area contributed by atoms with Gasteiger partial charge in [0.05, 0.1) is 12.6 Å². The van der Waals surface area contributed by atoms with Gasteiger partial charge in [-0.1, -0.05) is 29.8 Å². The number of benzene rings is 1. The van der Waals surface area contributed by atoms with Crippen LogP contribution in [0.15, 0.2) is 24.3 Å². The smallest absolute Gasteiger partial charge is 0.319 e. The van der Waals surface area contributed by atoms with E-state index in [-0.39, 0.29) is 18.0 Å². The second-order valence-electron chi connectivity index (χ2n) is 8.02. The molecule has 0 spiro atoms. The molecule has 2 aliphatic heterocycles. The van der Waals surface area contributed by atoms with Gasteiger partial charge in [-0.15, -0.1) is 0 Å². The Labute approximate surface area is 178 Å². The van der Waals surface area contributed by atoms with Gasteiger partial charge in [0.25, 0.3) is 0 Å². The Bertz CT molecular complexity index is 700. The van der Waals surface area contributed by atoms with Gasteiger partial charge in [0, 0.05) is 51.8 Å². The van der Waals surface area contributed by atoms with Gasteiger partial charge in [0.15, 0.2) is 0 Å². The first-order valence-corrected chi connectivity index (χ1v) is 10.8. The molecule has 8 heteroatoms. The Balaban J connectivity index is 1.51. The summed E-state index contributed by atoms with van der Waals surface area (Å²) in [7, 11) is 3.52. The van der Waals surface area contributed by atoms with Crippen LogP contribution in [0.1, 0.15) is 24.4 Å². The SMILES string of the molecule is CN(C)C(=O)N1CCN(CC(=O)NCC(c2ccccc2Cl)N2CCCC2)CC1. The Morgan fingerprint density at radius 3 is 2.34 bits per heavy atom. The molecule has 160 valence electrons. The zero-order chi connectivity index (χ0) is 20.8. The van der Waals surface area contributed by atoms with E-state index < -0.39 is 0 Å². The summed E-state index contributed by atoms with van der Waals surface area (Å²) in [6.07, 6.45) is 2.37. The molecule has 1 atom stereocenters. The lowest BCUT2D eigenvalue weighted by Crippen LogP contribution is -2.53. The molecule has 7 nitrogen and oxygen atoms in total. The number of carbonyl (C=O) groups excluding carboxylic acids is 2. The van der Waals surface area contributed by atoms with E-state index in [4.69, 9.17) is 11.6 Å². The predicted molar refractivity (Wildman–Crippen MR) is 115 cm³/mol. The minimum Gasteiger partial charge on any atom is -0.353 e. The van der Waals surface area contributed by atoms with Crippen LogP contribution in [-0.4, -0.2) is 98.0 Å². The summed E-state index contributed by atoms with van der Waals surface area (Å²) >= 11 is 6.45. The summed E-state index contributed by atoms with van der Waals surface area (Å²) in [5.41, 5.74) is 1.08. The fourth-order valence-corrected chi connectivity index (χ4v) is 4.35. The highest BCUT2D eigenvalue weighted by Crippen LogP contribution is 2.29. The molecule has 0 aliphatic carbocycles. The fourth-order valence-electron chi connectivity index (χ4n) is 4.08. The van der Waals surface area contributed by atoms with Crippen molar-refractivity contribution in [1.82, 2.24) is 24.9 Å². The highest BCUT2D eigenvalue weighted by atomic mass is 35.5. The second-order valence-corrected chi connectivity index (χ2v) is 8.43. The third-order valence-corrected chi connectivity index (χ3v) is 6.08. The van der Waals surface area contributed by atoms with E-state index in [0.29, 0.717) is 39.3 Å². The molecule has 2 saturated heterocycles. The molecule has 2 fully saturated rings. The van der Waals surface area contributed by atoms with Crippen molar-refractivity contribution in [2.75, 3.05) is 66.5 Å². The number of carbonyl (C=O) groups is 2. The van der Waals surface area contributed by atoms with Crippen molar-refractivity contribution in [2.45, 2.75) is 18.9 Å². The van der Waals surface area contributed by atoms with E-state index in [2.05, 4.69) is 21.2 Å². The molecule has 0 saturated carbocycles. The van der Waals surface area contributed by atoms with Gasteiger partial charge in [0.2, 0.25) is 5.91 Å². The van der Waals surface area contributed by atoms with Crippen LogP contribution in [-0.2, 0) is 4.79 Å². The summed E-state index contributed by atoms with van der Waals surface area (Å²) in [6, 6.07) is 8.04. The van der Waals surface area contributed by atoms with Gasteiger partial charge in [-0.25, -0.2) is 4.79 Å². The largest absolute Gasteiger partial charge is 0.353 e. The molecule has 1 unspecified atom stereocenters. The molecule has 3 amide bonds. The van der Waals surface area contributed by atoms with Crippen LogP contribution in [0.4, 0.5) is 4.79 Å². The Morgan fingerprint density at radius 2 is 1.72 bits per heavy atom. The molecule has 0 aromatic heterocycles. The number of likely N-dealkylation sites (tertiary alicyclic amines) is 1. The van der Waals surface area contributed by atoms with Crippen LogP contribution >= 0.6 is 11.6 Å². The van der Waals surface area contributed by atoms with Crippen molar-refractivity contribution >= 4 is 23.5 Å².